The standard InChI is InChI=1S/C13H15F2NO/c1-2-12-11-4-3-10(17-8-13(14)15)7-9(11)5-6-16-12/h3-4,7,13H,2,5-6,8H2,1H3. The molecule has 0 aromatic heterocycles. The number of halogens is 2. The van der Waals surface area contributed by atoms with Crippen LogP contribution in [0.3, 0.4) is 0 Å². The van der Waals surface area contributed by atoms with Crippen molar-refractivity contribution in [3.63, 3.8) is 0 Å². The lowest BCUT2D eigenvalue weighted by Gasteiger charge is -2.17. The molecule has 2 nitrogen and oxygen atoms in total. The van der Waals surface area contributed by atoms with Gasteiger partial charge in [-0.25, -0.2) is 8.78 Å². The van der Waals surface area contributed by atoms with Gasteiger partial charge in [-0.05, 0) is 42.2 Å². The summed E-state index contributed by atoms with van der Waals surface area (Å²) < 4.78 is 29.1. The Hall–Kier alpha value is -1.45. The second-order valence-corrected chi connectivity index (χ2v) is 3.95. The predicted octanol–water partition coefficient (Wildman–Crippen LogP) is 3.09. The van der Waals surface area contributed by atoms with Crippen LogP contribution in [0.2, 0.25) is 0 Å². The minimum atomic E-state index is -2.43. The van der Waals surface area contributed by atoms with E-state index in [1.165, 1.54) is 0 Å². The summed E-state index contributed by atoms with van der Waals surface area (Å²) >= 11 is 0. The van der Waals surface area contributed by atoms with Gasteiger partial charge in [0.1, 0.15) is 12.4 Å². The topological polar surface area (TPSA) is 21.6 Å². The third-order valence-corrected chi connectivity index (χ3v) is 2.78. The third kappa shape index (κ3) is 2.81. The molecule has 1 heterocycles. The van der Waals surface area contributed by atoms with E-state index in [1.54, 1.807) is 6.07 Å². The number of aliphatic imine (C=N–C) groups is 1. The minimum absolute atomic E-state index is 0.515. The van der Waals surface area contributed by atoms with E-state index in [2.05, 4.69) is 11.9 Å². The molecule has 1 aliphatic rings. The lowest BCUT2D eigenvalue weighted by atomic mass is 9.96. The summed E-state index contributed by atoms with van der Waals surface area (Å²) in [6, 6.07) is 5.50. The van der Waals surface area contributed by atoms with Crippen molar-refractivity contribution < 1.29 is 13.5 Å². The quantitative estimate of drug-likeness (QED) is 0.791. The van der Waals surface area contributed by atoms with E-state index in [0.717, 1.165) is 36.2 Å². The molecule has 2 rings (SSSR count). The highest BCUT2D eigenvalue weighted by molar-refractivity contribution is 6.02. The number of fused-ring (bicyclic) bond motifs is 1. The van der Waals surface area contributed by atoms with Gasteiger partial charge in [-0.2, -0.15) is 0 Å². The highest BCUT2D eigenvalue weighted by Gasteiger charge is 2.13. The van der Waals surface area contributed by atoms with Crippen LogP contribution in [-0.2, 0) is 6.42 Å². The molecule has 0 N–H and O–H groups in total. The summed E-state index contributed by atoms with van der Waals surface area (Å²) in [6.07, 6.45) is -0.687. The molecule has 0 saturated heterocycles. The summed E-state index contributed by atoms with van der Waals surface area (Å²) in [4.78, 5) is 4.45. The van der Waals surface area contributed by atoms with E-state index in [1.807, 2.05) is 12.1 Å². The average molecular weight is 239 g/mol. The van der Waals surface area contributed by atoms with E-state index in [9.17, 15) is 8.78 Å². The highest BCUT2D eigenvalue weighted by Crippen LogP contribution is 2.23. The Morgan fingerprint density at radius 1 is 1.41 bits per heavy atom. The summed E-state index contributed by atoms with van der Waals surface area (Å²) in [5.41, 5.74) is 3.36. The van der Waals surface area contributed by atoms with Crippen LogP contribution in [-0.4, -0.2) is 25.3 Å². The van der Waals surface area contributed by atoms with Gasteiger partial charge in [0.25, 0.3) is 6.43 Å². The monoisotopic (exact) mass is 239 g/mol. The number of benzene rings is 1. The molecule has 1 aromatic rings. The molecule has 0 amide bonds. The summed E-state index contributed by atoms with van der Waals surface area (Å²) in [6.45, 7) is 2.29. The zero-order valence-corrected chi connectivity index (χ0v) is 9.75. The first-order valence-electron chi connectivity index (χ1n) is 5.78. The maximum Gasteiger partial charge on any atom is 0.272 e. The summed E-state index contributed by atoms with van der Waals surface area (Å²) in [7, 11) is 0. The van der Waals surface area contributed by atoms with E-state index >= 15 is 0 Å². The van der Waals surface area contributed by atoms with Crippen molar-refractivity contribution in [3.05, 3.63) is 29.3 Å². The van der Waals surface area contributed by atoms with Crippen LogP contribution in [0.5, 0.6) is 5.75 Å². The average Bonchev–Trinajstić information content (AvgIpc) is 2.35. The van der Waals surface area contributed by atoms with E-state index in [-0.39, 0.29) is 0 Å². The number of alkyl halides is 2. The van der Waals surface area contributed by atoms with Gasteiger partial charge in [0.15, 0.2) is 0 Å². The first-order chi connectivity index (χ1) is 8.20. The Morgan fingerprint density at radius 3 is 2.94 bits per heavy atom. The second-order valence-electron chi connectivity index (χ2n) is 3.95. The van der Waals surface area contributed by atoms with Crippen LogP contribution >= 0.6 is 0 Å². The predicted molar refractivity (Wildman–Crippen MR) is 63.3 cm³/mol. The van der Waals surface area contributed by atoms with Crippen molar-refractivity contribution in [1.29, 1.82) is 0 Å². The summed E-state index contributed by atoms with van der Waals surface area (Å²) in [5.74, 6) is 0.515. The van der Waals surface area contributed by atoms with E-state index < -0.39 is 13.0 Å². The van der Waals surface area contributed by atoms with E-state index in [0.29, 0.717) is 5.75 Å². The number of ether oxygens (including phenoxy) is 1. The fourth-order valence-electron chi connectivity index (χ4n) is 2.01. The van der Waals surface area contributed by atoms with Crippen LogP contribution in [0.25, 0.3) is 0 Å². The normalized spacial score (nSPS) is 14.5. The second kappa shape index (κ2) is 5.25. The van der Waals surface area contributed by atoms with Crippen molar-refractivity contribution >= 4 is 5.71 Å². The first kappa shape index (κ1) is 12.0. The van der Waals surface area contributed by atoms with Crippen LogP contribution in [0.4, 0.5) is 8.78 Å². The number of hydrogen-bond donors (Lipinski definition) is 0. The first-order valence-corrected chi connectivity index (χ1v) is 5.78. The molecule has 0 aliphatic carbocycles. The molecular weight excluding hydrogens is 224 g/mol. The molecule has 0 radical (unpaired) electrons. The Bertz CT molecular complexity index is 429. The Morgan fingerprint density at radius 2 is 2.24 bits per heavy atom. The molecule has 1 aliphatic heterocycles. The largest absolute Gasteiger partial charge is 0.488 e. The van der Waals surface area contributed by atoms with Crippen LogP contribution < -0.4 is 4.74 Å². The molecule has 4 heteroatoms. The zero-order chi connectivity index (χ0) is 12.3. The molecule has 17 heavy (non-hydrogen) atoms. The molecule has 1 aromatic carbocycles. The maximum absolute atomic E-state index is 12.0. The molecule has 0 atom stereocenters. The smallest absolute Gasteiger partial charge is 0.272 e. The maximum atomic E-state index is 12.0. The molecule has 0 spiro atoms. The molecule has 0 unspecified atom stereocenters. The van der Waals surface area contributed by atoms with Gasteiger partial charge in [-0.1, -0.05) is 6.92 Å². The lowest BCUT2D eigenvalue weighted by molar-refractivity contribution is 0.0818. The Kier molecular flexibility index (Phi) is 3.71. The van der Waals surface area contributed by atoms with Crippen molar-refractivity contribution in [2.24, 2.45) is 4.99 Å². The van der Waals surface area contributed by atoms with Gasteiger partial charge in [-0.15, -0.1) is 0 Å². The van der Waals surface area contributed by atoms with Crippen LogP contribution in [0, 0.1) is 0 Å². The van der Waals surface area contributed by atoms with Crippen LogP contribution in [0.15, 0.2) is 23.2 Å². The number of rotatable bonds is 4. The number of hydrogen-bond acceptors (Lipinski definition) is 2. The lowest BCUT2D eigenvalue weighted by Crippen LogP contribution is -2.13. The SMILES string of the molecule is CCC1=NCCc2cc(OCC(F)F)ccc21. The van der Waals surface area contributed by atoms with Gasteiger partial charge < -0.3 is 4.74 Å². The van der Waals surface area contributed by atoms with Gasteiger partial charge in [0.2, 0.25) is 0 Å². The number of nitrogens with zero attached hydrogens (tertiary/aromatic N) is 1. The third-order valence-electron chi connectivity index (χ3n) is 2.78. The Labute approximate surface area is 99.3 Å². The van der Waals surface area contributed by atoms with Gasteiger partial charge in [0, 0.05) is 12.3 Å². The molecular formula is C13H15F2NO. The fraction of sp³-hybridized carbons (Fsp3) is 0.462. The molecule has 0 bridgehead atoms. The van der Waals surface area contributed by atoms with Gasteiger partial charge in [-0.3, -0.25) is 4.99 Å². The molecule has 92 valence electrons. The Balaban J connectivity index is 2.17. The highest BCUT2D eigenvalue weighted by atomic mass is 19.3. The van der Waals surface area contributed by atoms with Crippen molar-refractivity contribution in [1.82, 2.24) is 0 Å². The van der Waals surface area contributed by atoms with Crippen molar-refractivity contribution in [3.8, 4) is 5.75 Å². The van der Waals surface area contributed by atoms with Gasteiger partial charge >= 0.3 is 0 Å². The van der Waals surface area contributed by atoms with Crippen LogP contribution in [0.1, 0.15) is 24.5 Å². The molecule has 0 fully saturated rings. The van der Waals surface area contributed by atoms with Crippen molar-refractivity contribution in [2.75, 3.05) is 13.2 Å². The van der Waals surface area contributed by atoms with Crippen molar-refractivity contribution in [2.45, 2.75) is 26.2 Å². The summed E-state index contributed by atoms with van der Waals surface area (Å²) in [5, 5.41) is 0. The zero-order valence-electron chi connectivity index (χ0n) is 9.75. The van der Waals surface area contributed by atoms with Gasteiger partial charge in [0.05, 0.1) is 0 Å². The fourth-order valence-corrected chi connectivity index (χ4v) is 2.01. The van der Waals surface area contributed by atoms with E-state index in [4.69, 9.17) is 4.74 Å². The molecule has 0 saturated carbocycles. The minimum Gasteiger partial charge on any atom is -0.488 e.